The van der Waals surface area contributed by atoms with Crippen LogP contribution in [-0.2, 0) is 0 Å². The minimum atomic E-state index is 0.181. The first-order valence-corrected chi connectivity index (χ1v) is 6.26. The smallest absolute Gasteiger partial charge is 0.191 e. The number of nitrogens with one attached hydrogen (secondary N) is 3. The van der Waals surface area contributed by atoms with Gasteiger partial charge in [0, 0.05) is 31.7 Å². The van der Waals surface area contributed by atoms with E-state index in [1.807, 2.05) is 0 Å². The quantitative estimate of drug-likeness (QED) is 0.365. The summed E-state index contributed by atoms with van der Waals surface area (Å²) in [6.07, 6.45) is 1.08. The molecule has 4 heteroatoms. The van der Waals surface area contributed by atoms with Crippen LogP contribution in [0.25, 0.3) is 0 Å². The molecular weight excluding hydrogens is 200 g/mol. The number of nitrogens with zero attached hydrogens (tertiary/aromatic N) is 1. The van der Waals surface area contributed by atoms with Gasteiger partial charge in [-0.2, -0.15) is 0 Å². The van der Waals surface area contributed by atoms with Crippen LogP contribution in [0.4, 0.5) is 0 Å². The topological polar surface area (TPSA) is 48.5 Å². The third kappa shape index (κ3) is 9.77. The van der Waals surface area contributed by atoms with Gasteiger partial charge in [-0.05, 0) is 34.1 Å². The monoisotopic (exact) mass is 228 g/mol. The van der Waals surface area contributed by atoms with Gasteiger partial charge in [0.05, 0.1) is 0 Å². The highest BCUT2D eigenvalue weighted by atomic mass is 15.2. The molecule has 96 valence electrons. The molecule has 0 aliphatic rings. The van der Waals surface area contributed by atoms with Crippen molar-refractivity contribution in [2.24, 2.45) is 4.99 Å². The fraction of sp³-hybridized carbons (Fsp3) is 0.917. The fourth-order valence-corrected chi connectivity index (χ4v) is 1.18. The Bertz CT molecular complexity index is 194. The maximum absolute atomic E-state index is 4.43. The van der Waals surface area contributed by atoms with Gasteiger partial charge in [-0.15, -0.1) is 0 Å². The van der Waals surface area contributed by atoms with E-state index in [0.29, 0.717) is 0 Å². The van der Waals surface area contributed by atoms with Crippen LogP contribution in [0.2, 0.25) is 0 Å². The summed E-state index contributed by atoms with van der Waals surface area (Å²) in [6, 6.07) is 0. The van der Waals surface area contributed by atoms with Crippen molar-refractivity contribution >= 4 is 5.96 Å². The molecule has 0 rings (SSSR count). The van der Waals surface area contributed by atoms with Crippen LogP contribution >= 0.6 is 0 Å². The van der Waals surface area contributed by atoms with Gasteiger partial charge < -0.3 is 16.0 Å². The normalized spacial score (nSPS) is 12.7. The van der Waals surface area contributed by atoms with Gasteiger partial charge >= 0.3 is 0 Å². The second kappa shape index (κ2) is 8.39. The third-order valence-corrected chi connectivity index (χ3v) is 1.91. The molecule has 3 N–H and O–H groups in total. The highest BCUT2D eigenvalue weighted by molar-refractivity contribution is 5.79. The number of hydrogen-bond donors (Lipinski definition) is 3. The fourth-order valence-electron chi connectivity index (χ4n) is 1.18. The molecule has 0 aliphatic heterocycles. The zero-order valence-electron chi connectivity index (χ0n) is 11.5. The lowest BCUT2D eigenvalue weighted by atomic mass is 10.1. The molecule has 0 atom stereocenters. The molecule has 0 aromatic heterocycles. The SMILES string of the molecule is CCCN=C(NCC)NCCNC(C)(C)C. The Balaban J connectivity index is 3.76. The van der Waals surface area contributed by atoms with E-state index in [1.165, 1.54) is 0 Å². The highest BCUT2D eigenvalue weighted by Gasteiger charge is 2.07. The molecule has 0 aliphatic carbocycles. The number of rotatable bonds is 6. The molecule has 0 radical (unpaired) electrons. The minimum absolute atomic E-state index is 0.181. The van der Waals surface area contributed by atoms with Gasteiger partial charge in [-0.1, -0.05) is 6.92 Å². The average molecular weight is 228 g/mol. The molecule has 0 spiro atoms. The minimum Gasteiger partial charge on any atom is -0.357 e. The predicted molar refractivity (Wildman–Crippen MR) is 72.0 cm³/mol. The summed E-state index contributed by atoms with van der Waals surface area (Å²) in [5, 5.41) is 9.96. The van der Waals surface area contributed by atoms with E-state index in [4.69, 9.17) is 0 Å². The molecule has 0 aromatic carbocycles. The Morgan fingerprint density at radius 1 is 1.06 bits per heavy atom. The molecule has 4 nitrogen and oxygen atoms in total. The summed E-state index contributed by atoms with van der Waals surface area (Å²) >= 11 is 0. The Labute approximate surface area is 100 Å². The van der Waals surface area contributed by atoms with Crippen molar-refractivity contribution in [3.8, 4) is 0 Å². The Hall–Kier alpha value is -0.770. The summed E-state index contributed by atoms with van der Waals surface area (Å²) < 4.78 is 0. The first kappa shape index (κ1) is 15.2. The largest absolute Gasteiger partial charge is 0.357 e. The third-order valence-electron chi connectivity index (χ3n) is 1.91. The predicted octanol–water partition coefficient (Wildman–Crippen LogP) is 1.34. The lowest BCUT2D eigenvalue weighted by Gasteiger charge is -2.21. The van der Waals surface area contributed by atoms with Crippen LogP contribution < -0.4 is 16.0 Å². The molecule has 0 saturated heterocycles. The number of guanidine groups is 1. The van der Waals surface area contributed by atoms with Gasteiger partial charge in [-0.3, -0.25) is 4.99 Å². The van der Waals surface area contributed by atoms with Crippen LogP contribution in [0.5, 0.6) is 0 Å². The van der Waals surface area contributed by atoms with Crippen molar-refractivity contribution in [2.75, 3.05) is 26.2 Å². The van der Waals surface area contributed by atoms with E-state index in [2.05, 4.69) is 55.6 Å². The maximum Gasteiger partial charge on any atom is 0.191 e. The number of hydrogen-bond acceptors (Lipinski definition) is 2. The van der Waals surface area contributed by atoms with Crippen molar-refractivity contribution in [1.82, 2.24) is 16.0 Å². The lowest BCUT2D eigenvalue weighted by Crippen LogP contribution is -2.44. The average Bonchev–Trinajstić information content (AvgIpc) is 2.19. The van der Waals surface area contributed by atoms with Crippen molar-refractivity contribution in [3.63, 3.8) is 0 Å². The first-order chi connectivity index (χ1) is 7.49. The molecule has 0 fully saturated rings. The molecule has 0 aromatic rings. The van der Waals surface area contributed by atoms with Crippen molar-refractivity contribution in [3.05, 3.63) is 0 Å². The van der Waals surface area contributed by atoms with E-state index >= 15 is 0 Å². The summed E-state index contributed by atoms with van der Waals surface area (Å²) in [4.78, 5) is 4.43. The Morgan fingerprint density at radius 3 is 2.25 bits per heavy atom. The van der Waals surface area contributed by atoms with E-state index in [9.17, 15) is 0 Å². The second-order valence-electron chi connectivity index (χ2n) is 4.86. The van der Waals surface area contributed by atoms with Crippen LogP contribution in [0.15, 0.2) is 4.99 Å². The van der Waals surface area contributed by atoms with E-state index in [1.54, 1.807) is 0 Å². The zero-order chi connectivity index (χ0) is 12.4. The molecular formula is C12H28N4. The van der Waals surface area contributed by atoms with Gasteiger partial charge in [0.25, 0.3) is 0 Å². The van der Waals surface area contributed by atoms with Crippen LogP contribution in [0.1, 0.15) is 41.0 Å². The first-order valence-electron chi connectivity index (χ1n) is 6.26. The van der Waals surface area contributed by atoms with Crippen molar-refractivity contribution in [1.29, 1.82) is 0 Å². The summed E-state index contributed by atoms with van der Waals surface area (Å²) in [7, 11) is 0. The van der Waals surface area contributed by atoms with E-state index < -0.39 is 0 Å². The highest BCUT2D eigenvalue weighted by Crippen LogP contribution is 1.96. The van der Waals surface area contributed by atoms with Crippen LogP contribution in [0.3, 0.4) is 0 Å². The maximum atomic E-state index is 4.43. The van der Waals surface area contributed by atoms with Crippen molar-refractivity contribution in [2.45, 2.75) is 46.6 Å². The molecule has 0 heterocycles. The zero-order valence-corrected chi connectivity index (χ0v) is 11.5. The number of aliphatic imine (C=N–C) groups is 1. The van der Waals surface area contributed by atoms with Crippen molar-refractivity contribution < 1.29 is 0 Å². The second-order valence-corrected chi connectivity index (χ2v) is 4.86. The summed E-state index contributed by atoms with van der Waals surface area (Å²) in [5.41, 5.74) is 0.181. The Morgan fingerprint density at radius 2 is 1.75 bits per heavy atom. The molecule has 16 heavy (non-hydrogen) atoms. The molecule has 0 unspecified atom stereocenters. The summed E-state index contributed by atoms with van der Waals surface area (Å²) in [5.74, 6) is 0.917. The van der Waals surface area contributed by atoms with Crippen LogP contribution in [-0.4, -0.2) is 37.7 Å². The Kier molecular flexibility index (Phi) is 7.99. The standard InChI is InChI=1S/C12H28N4/c1-6-8-14-11(13-7-2)15-9-10-16-12(3,4)5/h16H,6-10H2,1-5H3,(H2,13,14,15). The van der Waals surface area contributed by atoms with Gasteiger partial charge in [0.15, 0.2) is 5.96 Å². The molecule has 0 bridgehead atoms. The van der Waals surface area contributed by atoms with Gasteiger partial charge in [0.1, 0.15) is 0 Å². The van der Waals surface area contributed by atoms with Crippen LogP contribution in [0, 0.1) is 0 Å². The van der Waals surface area contributed by atoms with Gasteiger partial charge in [0.2, 0.25) is 0 Å². The molecule has 0 saturated carbocycles. The summed E-state index contributed by atoms with van der Waals surface area (Å²) in [6.45, 7) is 14.3. The molecule has 0 amide bonds. The van der Waals surface area contributed by atoms with E-state index in [-0.39, 0.29) is 5.54 Å². The lowest BCUT2D eigenvalue weighted by molar-refractivity contribution is 0.428. The van der Waals surface area contributed by atoms with Gasteiger partial charge in [-0.25, -0.2) is 0 Å². The van der Waals surface area contributed by atoms with E-state index in [0.717, 1.165) is 38.6 Å².